The molecule has 1 atom stereocenters. The summed E-state index contributed by atoms with van der Waals surface area (Å²) in [6.45, 7) is 0.748. The summed E-state index contributed by atoms with van der Waals surface area (Å²) < 4.78 is 5.54. The van der Waals surface area contributed by atoms with Gasteiger partial charge >= 0.3 is 0 Å². The Hall–Kier alpha value is -2.67. The summed E-state index contributed by atoms with van der Waals surface area (Å²) in [5, 5.41) is 10.8. The van der Waals surface area contributed by atoms with Crippen molar-refractivity contribution in [1.29, 1.82) is 0 Å². The van der Waals surface area contributed by atoms with Crippen LogP contribution in [0.25, 0.3) is 10.9 Å². The van der Waals surface area contributed by atoms with E-state index in [2.05, 4.69) is 31.5 Å². The van der Waals surface area contributed by atoms with Gasteiger partial charge in [-0.2, -0.15) is 4.98 Å². The SMILES string of the molecule is O=C(CCc1c[nH]c2ccccc12)Nc1n[nH]c([C@@H]2CCCO2)n1. The van der Waals surface area contributed by atoms with E-state index in [9.17, 15) is 4.79 Å². The number of aromatic amines is 2. The normalized spacial score (nSPS) is 17.4. The number of carbonyl (C=O) groups is 1. The van der Waals surface area contributed by atoms with Gasteiger partial charge in [0, 0.05) is 30.1 Å². The van der Waals surface area contributed by atoms with Crippen molar-refractivity contribution < 1.29 is 9.53 Å². The number of fused-ring (bicyclic) bond motifs is 1. The van der Waals surface area contributed by atoms with E-state index >= 15 is 0 Å². The molecule has 2 aromatic heterocycles. The zero-order valence-corrected chi connectivity index (χ0v) is 13.2. The van der Waals surface area contributed by atoms with Crippen molar-refractivity contribution in [1.82, 2.24) is 20.2 Å². The summed E-state index contributed by atoms with van der Waals surface area (Å²) in [4.78, 5) is 19.6. The Bertz CT molecular complexity index is 847. The van der Waals surface area contributed by atoms with Crippen molar-refractivity contribution in [2.24, 2.45) is 0 Å². The number of rotatable bonds is 5. The summed E-state index contributed by atoms with van der Waals surface area (Å²) in [6.07, 6.45) is 4.93. The number of ether oxygens (including phenoxy) is 1. The van der Waals surface area contributed by atoms with Gasteiger partial charge in [0.25, 0.3) is 0 Å². The lowest BCUT2D eigenvalue weighted by molar-refractivity contribution is -0.116. The minimum absolute atomic E-state index is 0.0330. The Morgan fingerprint density at radius 1 is 1.38 bits per heavy atom. The van der Waals surface area contributed by atoms with Crippen molar-refractivity contribution in [3.8, 4) is 0 Å². The number of benzene rings is 1. The van der Waals surface area contributed by atoms with Gasteiger partial charge in [-0.3, -0.25) is 15.2 Å². The minimum Gasteiger partial charge on any atom is -0.370 e. The van der Waals surface area contributed by atoms with Crippen molar-refractivity contribution in [2.45, 2.75) is 31.8 Å². The van der Waals surface area contributed by atoms with E-state index < -0.39 is 0 Å². The first kappa shape index (κ1) is 14.9. The predicted octanol–water partition coefficient (Wildman–Crippen LogP) is 2.71. The number of hydrogen-bond donors (Lipinski definition) is 3. The molecule has 3 heterocycles. The van der Waals surface area contributed by atoms with Gasteiger partial charge in [-0.15, -0.1) is 5.10 Å². The lowest BCUT2D eigenvalue weighted by Gasteiger charge is -2.03. The first-order valence-electron chi connectivity index (χ1n) is 8.18. The molecule has 3 aromatic rings. The topological polar surface area (TPSA) is 95.7 Å². The third kappa shape index (κ3) is 3.03. The van der Waals surface area contributed by atoms with Crippen LogP contribution in [-0.4, -0.2) is 32.7 Å². The molecule has 0 bridgehead atoms. The molecule has 1 aliphatic heterocycles. The molecule has 124 valence electrons. The van der Waals surface area contributed by atoms with Crippen LogP contribution in [0.3, 0.4) is 0 Å². The molecule has 0 radical (unpaired) electrons. The average Bonchev–Trinajstić information content (AvgIpc) is 3.33. The molecular weight excluding hydrogens is 306 g/mol. The molecule has 4 rings (SSSR count). The largest absolute Gasteiger partial charge is 0.370 e. The molecule has 0 saturated carbocycles. The number of hydrogen-bond acceptors (Lipinski definition) is 4. The number of para-hydroxylation sites is 1. The smallest absolute Gasteiger partial charge is 0.248 e. The molecule has 1 aromatic carbocycles. The Labute approximate surface area is 138 Å². The predicted molar refractivity (Wildman–Crippen MR) is 89.6 cm³/mol. The summed E-state index contributed by atoms with van der Waals surface area (Å²) in [7, 11) is 0. The van der Waals surface area contributed by atoms with Gasteiger partial charge in [-0.05, 0) is 30.9 Å². The van der Waals surface area contributed by atoms with E-state index in [1.54, 1.807) is 0 Å². The number of aromatic nitrogens is 4. The standard InChI is InChI=1S/C17H19N5O2/c23-15(8-7-11-10-18-13-5-2-1-4-12(11)13)19-17-20-16(21-22-17)14-6-3-9-24-14/h1-2,4-5,10,14,18H,3,6-9H2,(H2,19,20,21,22,23)/t14-/m0/s1. The minimum atomic E-state index is -0.0989. The number of H-pyrrole nitrogens is 2. The van der Waals surface area contributed by atoms with Crippen LogP contribution in [0.15, 0.2) is 30.5 Å². The maximum Gasteiger partial charge on any atom is 0.248 e. The van der Waals surface area contributed by atoms with Gasteiger partial charge in [0.1, 0.15) is 6.10 Å². The first-order chi connectivity index (χ1) is 11.8. The molecule has 0 aliphatic carbocycles. The summed E-state index contributed by atoms with van der Waals surface area (Å²) in [6, 6.07) is 8.08. The molecule has 1 amide bonds. The van der Waals surface area contributed by atoms with Crippen molar-refractivity contribution in [3.63, 3.8) is 0 Å². The maximum absolute atomic E-state index is 12.1. The molecular formula is C17H19N5O2. The quantitative estimate of drug-likeness (QED) is 0.672. The molecule has 0 spiro atoms. The highest BCUT2D eigenvalue weighted by Crippen LogP contribution is 2.26. The number of nitrogens with zero attached hydrogens (tertiary/aromatic N) is 2. The first-order valence-corrected chi connectivity index (χ1v) is 8.18. The van der Waals surface area contributed by atoms with E-state index in [4.69, 9.17) is 4.74 Å². The van der Waals surface area contributed by atoms with Crippen molar-refractivity contribution >= 4 is 22.8 Å². The molecule has 1 fully saturated rings. The van der Waals surface area contributed by atoms with Crippen LogP contribution < -0.4 is 5.32 Å². The van der Waals surface area contributed by atoms with E-state index in [0.29, 0.717) is 24.6 Å². The Morgan fingerprint density at radius 2 is 2.29 bits per heavy atom. The highest BCUT2D eigenvalue weighted by Gasteiger charge is 2.21. The average molecular weight is 325 g/mol. The Morgan fingerprint density at radius 3 is 3.17 bits per heavy atom. The fourth-order valence-electron chi connectivity index (χ4n) is 3.04. The number of anilines is 1. The lowest BCUT2D eigenvalue weighted by atomic mass is 10.1. The van der Waals surface area contributed by atoms with Gasteiger partial charge < -0.3 is 9.72 Å². The van der Waals surface area contributed by atoms with Gasteiger partial charge in [0.15, 0.2) is 5.82 Å². The Kier molecular flexibility index (Phi) is 4.00. The zero-order chi connectivity index (χ0) is 16.4. The molecule has 7 heteroatoms. The maximum atomic E-state index is 12.1. The third-order valence-electron chi connectivity index (χ3n) is 4.28. The highest BCUT2D eigenvalue weighted by atomic mass is 16.5. The van der Waals surface area contributed by atoms with Crippen LogP contribution in [0.1, 0.15) is 36.8 Å². The third-order valence-corrected chi connectivity index (χ3v) is 4.28. The second kappa shape index (κ2) is 6.45. The van der Waals surface area contributed by atoms with Gasteiger partial charge in [0.2, 0.25) is 11.9 Å². The van der Waals surface area contributed by atoms with Crippen molar-refractivity contribution in [3.05, 3.63) is 41.9 Å². The fourth-order valence-corrected chi connectivity index (χ4v) is 3.04. The highest BCUT2D eigenvalue weighted by molar-refractivity contribution is 5.90. The van der Waals surface area contributed by atoms with E-state index in [1.165, 1.54) is 0 Å². The van der Waals surface area contributed by atoms with Gasteiger partial charge in [0.05, 0.1) is 0 Å². The molecule has 3 N–H and O–H groups in total. The van der Waals surface area contributed by atoms with Crippen LogP contribution in [0.5, 0.6) is 0 Å². The Balaban J connectivity index is 1.35. The van der Waals surface area contributed by atoms with E-state index in [0.717, 1.165) is 35.9 Å². The van der Waals surface area contributed by atoms with Crippen LogP contribution in [0.2, 0.25) is 0 Å². The number of nitrogens with one attached hydrogen (secondary N) is 3. The van der Waals surface area contributed by atoms with Crippen molar-refractivity contribution in [2.75, 3.05) is 11.9 Å². The molecule has 0 unspecified atom stereocenters. The number of amides is 1. The summed E-state index contributed by atoms with van der Waals surface area (Å²) in [5.41, 5.74) is 2.22. The number of carbonyl (C=O) groups excluding carboxylic acids is 1. The van der Waals surface area contributed by atoms with Crippen LogP contribution in [0, 0.1) is 0 Å². The van der Waals surface area contributed by atoms with E-state index in [1.807, 2.05) is 24.4 Å². The monoisotopic (exact) mass is 325 g/mol. The van der Waals surface area contributed by atoms with Crippen LogP contribution in [0.4, 0.5) is 5.95 Å². The summed E-state index contributed by atoms with van der Waals surface area (Å²) >= 11 is 0. The second-order valence-corrected chi connectivity index (χ2v) is 5.95. The van der Waals surface area contributed by atoms with Gasteiger partial charge in [-0.25, -0.2) is 0 Å². The molecule has 7 nitrogen and oxygen atoms in total. The zero-order valence-electron chi connectivity index (χ0n) is 13.2. The molecule has 1 saturated heterocycles. The fraction of sp³-hybridized carbons (Fsp3) is 0.353. The lowest BCUT2D eigenvalue weighted by Crippen LogP contribution is -2.13. The summed E-state index contributed by atoms with van der Waals surface area (Å²) in [5.74, 6) is 0.891. The molecule has 1 aliphatic rings. The number of aryl methyl sites for hydroxylation is 1. The second-order valence-electron chi connectivity index (χ2n) is 5.95. The van der Waals surface area contributed by atoms with E-state index in [-0.39, 0.29) is 12.0 Å². The van der Waals surface area contributed by atoms with Gasteiger partial charge in [-0.1, -0.05) is 18.2 Å². The van der Waals surface area contributed by atoms with Crippen LogP contribution in [-0.2, 0) is 16.0 Å². The molecule has 24 heavy (non-hydrogen) atoms. The van der Waals surface area contributed by atoms with Crippen LogP contribution >= 0.6 is 0 Å².